The van der Waals surface area contributed by atoms with Gasteiger partial charge < -0.3 is 19.4 Å². The number of ketones is 1. The van der Waals surface area contributed by atoms with Crippen LogP contribution in [0.3, 0.4) is 0 Å². The van der Waals surface area contributed by atoms with Crippen LogP contribution in [0.2, 0.25) is 0 Å². The third-order valence-electron chi connectivity index (χ3n) is 6.11. The molecule has 0 bridgehead atoms. The number of Topliss-reactive ketones (excluding diaryl/α,β-unsaturated/α-hetero) is 1. The number of likely N-dealkylation sites (tertiary alicyclic amines) is 1. The second-order valence-corrected chi connectivity index (χ2v) is 8.17. The van der Waals surface area contributed by atoms with Crippen molar-refractivity contribution in [3.05, 3.63) is 23.4 Å². The van der Waals surface area contributed by atoms with Gasteiger partial charge in [-0.3, -0.25) is 14.5 Å². The molecule has 8 heteroatoms. The number of methoxy groups -OCH3 is 1. The van der Waals surface area contributed by atoms with E-state index in [1.807, 2.05) is 43.4 Å². The fraction of sp³-hybridized carbons (Fsp3) is 0.522. The summed E-state index contributed by atoms with van der Waals surface area (Å²) in [7, 11) is 3.39. The van der Waals surface area contributed by atoms with Gasteiger partial charge in [-0.1, -0.05) is 6.92 Å². The van der Waals surface area contributed by atoms with Gasteiger partial charge in [-0.2, -0.15) is 0 Å². The summed E-state index contributed by atoms with van der Waals surface area (Å²) in [5, 5.41) is 3.56. The highest BCUT2D eigenvalue weighted by Gasteiger charge is 2.31. The Morgan fingerprint density at radius 2 is 1.97 bits per heavy atom. The molecule has 1 aromatic heterocycles. The van der Waals surface area contributed by atoms with Gasteiger partial charge in [-0.15, -0.1) is 0 Å². The first-order valence-electron chi connectivity index (χ1n) is 10.6. The number of nitrogens with zero attached hydrogens (tertiary/aromatic N) is 2. The first-order chi connectivity index (χ1) is 14.7. The second-order valence-electron chi connectivity index (χ2n) is 8.17. The largest absolute Gasteiger partial charge is 0.495 e. The van der Waals surface area contributed by atoms with E-state index >= 15 is 0 Å². The topological polar surface area (TPSA) is 89.9 Å². The van der Waals surface area contributed by atoms with Crippen LogP contribution in [-0.2, 0) is 21.4 Å². The van der Waals surface area contributed by atoms with Crippen molar-refractivity contribution in [2.75, 3.05) is 32.1 Å². The zero-order chi connectivity index (χ0) is 22.9. The second kappa shape index (κ2) is 9.09. The van der Waals surface area contributed by atoms with Gasteiger partial charge in [0.25, 0.3) is 0 Å². The fourth-order valence-electron chi connectivity index (χ4n) is 4.22. The van der Waals surface area contributed by atoms with Crippen molar-refractivity contribution in [3.63, 3.8) is 0 Å². The number of carbonyl (C=O) groups excluding carboxylic acids is 3. The number of ether oxygens (including phenoxy) is 2. The number of nitrogens with one attached hydrogen (secondary N) is 1. The summed E-state index contributed by atoms with van der Waals surface area (Å²) in [4.78, 5) is 39.7. The van der Waals surface area contributed by atoms with E-state index in [-0.39, 0.29) is 36.8 Å². The Kier molecular flexibility index (Phi) is 6.69. The van der Waals surface area contributed by atoms with Crippen molar-refractivity contribution >= 4 is 34.3 Å². The number of fused-ring (bicyclic) bond motifs is 1. The Labute approximate surface area is 182 Å². The lowest BCUT2D eigenvalue weighted by atomic mass is 9.93. The molecule has 8 nitrogen and oxygen atoms in total. The monoisotopic (exact) mass is 429 g/mol. The van der Waals surface area contributed by atoms with Gasteiger partial charge in [0, 0.05) is 43.1 Å². The third kappa shape index (κ3) is 4.30. The maximum absolute atomic E-state index is 13.0. The lowest BCUT2D eigenvalue weighted by Crippen LogP contribution is -2.48. The summed E-state index contributed by atoms with van der Waals surface area (Å²) in [5.74, 6) is -0.0577. The number of hydrogen-bond donors (Lipinski definition) is 1. The molecule has 3 rings (SSSR count). The molecule has 1 amide bonds. The fourth-order valence-corrected chi connectivity index (χ4v) is 4.22. The number of aromatic nitrogens is 1. The Hall–Kier alpha value is -2.87. The van der Waals surface area contributed by atoms with E-state index in [4.69, 9.17) is 9.47 Å². The van der Waals surface area contributed by atoms with Gasteiger partial charge in [0.2, 0.25) is 5.91 Å². The van der Waals surface area contributed by atoms with Crippen molar-refractivity contribution < 1.29 is 23.9 Å². The minimum atomic E-state index is -0.439. The van der Waals surface area contributed by atoms with Crippen molar-refractivity contribution in [3.8, 4) is 5.75 Å². The van der Waals surface area contributed by atoms with Crippen LogP contribution in [0.25, 0.3) is 10.9 Å². The van der Waals surface area contributed by atoms with Gasteiger partial charge in [-0.05, 0) is 32.9 Å². The highest BCUT2D eigenvalue weighted by molar-refractivity contribution is 6.14. The molecule has 2 atom stereocenters. The summed E-state index contributed by atoms with van der Waals surface area (Å²) in [6.45, 7) is 8.40. The van der Waals surface area contributed by atoms with Crippen LogP contribution in [0.5, 0.6) is 5.75 Å². The van der Waals surface area contributed by atoms with Crippen molar-refractivity contribution in [2.24, 2.45) is 13.0 Å². The number of amides is 1. The summed E-state index contributed by atoms with van der Waals surface area (Å²) >= 11 is 0. The zero-order valence-electron chi connectivity index (χ0n) is 19.1. The maximum atomic E-state index is 13.0. The van der Waals surface area contributed by atoms with Crippen molar-refractivity contribution in [1.82, 2.24) is 9.47 Å². The quantitative estimate of drug-likeness (QED) is 0.710. The maximum Gasteiger partial charge on any atom is 0.340 e. The molecule has 1 aliphatic rings. The van der Waals surface area contributed by atoms with Crippen molar-refractivity contribution in [2.45, 2.75) is 40.2 Å². The van der Waals surface area contributed by atoms with E-state index in [0.717, 1.165) is 11.2 Å². The smallest absolute Gasteiger partial charge is 0.340 e. The predicted octanol–water partition coefficient (Wildman–Crippen LogP) is 2.91. The van der Waals surface area contributed by atoms with Crippen LogP contribution in [-0.4, -0.2) is 60.0 Å². The summed E-state index contributed by atoms with van der Waals surface area (Å²) < 4.78 is 12.7. The lowest BCUT2D eigenvalue weighted by molar-refractivity contribution is -0.129. The normalized spacial score (nSPS) is 19.5. The molecule has 1 fully saturated rings. The molecular formula is C23H31N3O5. The van der Waals surface area contributed by atoms with Crippen LogP contribution in [0.1, 0.15) is 43.2 Å². The molecule has 0 spiro atoms. The van der Waals surface area contributed by atoms with E-state index in [0.29, 0.717) is 35.4 Å². The molecule has 1 aromatic carbocycles. The molecule has 2 heterocycles. The van der Waals surface area contributed by atoms with Gasteiger partial charge in [0.1, 0.15) is 11.5 Å². The first kappa shape index (κ1) is 22.8. The number of aryl methyl sites for hydroxylation is 1. The molecule has 1 N–H and O–H groups in total. The van der Waals surface area contributed by atoms with E-state index in [1.54, 1.807) is 13.0 Å². The number of piperidine rings is 1. The summed E-state index contributed by atoms with van der Waals surface area (Å²) in [5.41, 5.74) is 2.40. The molecular weight excluding hydrogens is 398 g/mol. The van der Waals surface area contributed by atoms with Crippen LogP contribution in [0.4, 0.5) is 5.69 Å². The highest BCUT2D eigenvalue weighted by Crippen LogP contribution is 2.38. The molecule has 168 valence electrons. The number of rotatable bonds is 6. The third-order valence-corrected chi connectivity index (χ3v) is 6.11. The Morgan fingerprint density at radius 1 is 1.26 bits per heavy atom. The molecule has 2 unspecified atom stereocenters. The zero-order valence-corrected chi connectivity index (χ0v) is 19.1. The van der Waals surface area contributed by atoms with Gasteiger partial charge in [0.05, 0.1) is 37.0 Å². The summed E-state index contributed by atoms with van der Waals surface area (Å²) in [6, 6.07) is 3.64. The minimum Gasteiger partial charge on any atom is -0.495 e. The van der Waals surface area contributed by atoms with E-state index in [1.165, 1.54) is 7.11 Å². The molecule has 31 heavy (non-hydrogen) atoms. The Balaban J connectivity index is 1.99. The molecule has 1 saturated heterocycles. The van der Waals surface area contributed by atoms with Gasteiger partial charge >= 0.3 is 5.97 Å². The van der Waals surface area contributed by atoms with Crippen LogP contribution in [0, 0.1) is 12.8 Å². The van der Waals surface area contributed by atoms with Crippen LogP contribution >= 0.6 is 0 Å². The van der Waals surface area contributed by atoms with Gasteiger partial charge in [-0.25, -0.2) is 4.79 Å². The standard InChI is InChI=1S/C23H31N3O5/c1-7-31-23(29)20-15(4)25(5)16-8-9-18(30-6)22(21(16)20)24-19(28)12-26-11-13(2)17(27)10-14(26)3/h8-9,13-14H,7,10-12H2,1-6H3,(H,24,28). The minimum absolute atomic E-state index is 0.00111. The summed E-state index contributed by atoms with van der Waals surface area (Å²) in [6.07, 6.45) is 0.443. The molecule has 0 radical (unpaired) electrons. The van der Waals surface area contributed by atoms with Crippen LogP contribution in [0.15, 0.2) is 12.1 Å². The van der Waals surface area contributed by atoms with Crippen LogP contribution < -0.4 is 10.1 Å². The Morgan fingerprint density at radius 3 is 2.61 bits per heavy atom. The average Bonchev–Trinajstić information content (AvgIpc) is 2.97. The van der Waals surface area contributed by atoms with Crippen molar-refractivity contribution in [1.29, 1.82) is 0 Å². The number of anilines is 1. The van der Waals surface area contributed by atoms with E-state index < -0.39 is 5.97 Å². The predicted molar refractivity (Wildman–Crippen MR) is 119 cm³/mol. The molecule has 0 saturated carbocycles. The number of carbonyl (C=O) groups is 3. The average molecular weight is 430 g/mol. The molecule has 1 aliphatic heterocycles. The number of hydrogen-bond acceptors (Lipinski definition) is 6. The molecule has 0 aliphatic carbocycles. The number of esters is 1. The number of benzene rings is 1. The highest BCUT2D eigenvalue weighted by atomic mass is 16.5. The van der Waals surface area contributed by atoms with Gasteiger partial charge in [0.15, 0.2) is 0 Å². The first-order valence-corrected chi connectivity index (χ1v) is 10.6. The lowest BCUT2D eigenvalue weighted by Gasteiger charge is -2.35. The van der Waals surface area contributed by atoms with E-state index in [2.05, 4.69) is 5.32 Å². The van der Waals surface area contributed by atoms with E-state index in [9.17, 15) is 14.4 Å². The molecule has 2 aromatic rings. The Bertz CT molecular complexity index is 1030. The SMILES string of the molecule is CCOC(=O)c1c(C)n(C)c2ccc(OC)c(NC(=O)CN3CC(C)C(=O)CC3C)c12.